The number of amides is 2. The van der Waals surface area contributed by atoms with Gasteiger partial charge in [-0.2, -0.15) is 5.10 Å². The molecule has 2 amide bonds. The number of para-hydroxylation sites is 1. The molecule has 6 nitrogen and oxygen atoms in total. The molecule has 0 bridgehead atoms. The number of morpholine rings is 1. The smallest absolute Gasteiger partial charge is 0.322 e. The van der Waals surface area contributed by atoms with Crippen molar-refractivity contribution < 1.29 is 9.53 Å². The van der Waals surface area contributed by atoms with Crippen LogP contribution in [0.5, 0.6) is 0 Å². The van der Waals surface area contributed by atoms with Crippen molar-refractivity contribution in [2.24, 2.45) is 0 Å². The van der Waals surface area contributed by atoms with E-state index in [1.54, 1.807) is 10.9 Å². The molecule has 120 valence electrons. The van der Waals surface area contributed by atoms with Gasteiger partial charge in [0.25, 0.3) is 0 Å². The van der Waals surface area contributed by atoms with Crippen LogP contribution in [0, 0.1) is 0 Å². The van der Waals surface area contributed by atoms with E-state index in [2.05, 4.69) is 10.4 Å². The van der Waals surface area contributed by atoms with Crippen molar-refractivity contribution in [2.75, 3.05) is 18.5 Å². The Labute approximate surface area is 135 Å². The van der Waals surface area contributed by atoms with Crippen molar-refractivity contribution in [2.45, 2.75) is 31.4 Å². The summed E-state index contributed by atoms with van der Waals surface area (Å²) in [6, 6.07) is 10.00. The fourth-order valence-electron chi connectivity index (χ4n) is 3.48. The fourth-order valence-corrected chi connectivity index (χ4v) is 3.48. The van der Waals surface area contributed by atoms with Gasteiger partial charge in [-0.1, -0.05) is 18.2 Å². The predicted octanol–water partition coefficient (Wildman–Crippen LogP) is 2.66. The van der Waals surface area contributed by atoms with E-state index >= 15 is 0 Å². The van der Waals surface area contributed by atoms with E-state index in [1.807, 2.05) is 41.4 Å². The number of rotatable bonds is 2. The Morgan fingerprint density at radius 1 is 1.26 bits per heavy atom. The summed E-state index contributed by atoms with van der Waals surface area (Å²) in [4.78, 5) is 14.5. The molecule has 1 N–H and O–H groups in total. The van der Waals surface area contributed by atoms with Crippen molar-refractivity contribution in [3.63, 3.8) is 0 Å². The van der Waals surface area contributed by atoms with Gasteiger partial charge in [-0.05, 0) is 31.4 Å². The van der Waals surface area contributed by atoms with Crippen LogP contribution in [-0.4, -0.2) is 46.0 Å². The number of urea groups is 1. The number of nitrogens with one attached hydrogen (secondary N) is 1. The van der Waals surface area contributed by atoms with Crippen molar-refractivity contribution in [1.82, 2.24) is 14.7 Å². The number of aromatic nitrogens is 2. The third-order valence-corrected chi connectivity index (χ3v) is 4.60. The number of nitrogens with zero attached hydrogens (tertiary/aromatic N) is 3. The maximum Gasteiger partial charge on any atom is 0.322 e. The standard InChI is InChI=1S/C17H20N4O2/c22-17(20-9-10-23-16-8-4-7-15(16)20)19-13-11-18-21(12-13)14-5-2-1-3-6-14/h1-3,5-6,11-12,15-16H,4,7-10H2,(H,19,22)/t15-,16-/m0/s1. The summed E-state index contributed by atoms with van der Waals surface area (Å²) in [5.74, 6) is 0. The number of ether oxygens (including phenoxy) is 1. The second kappa shape index (κ2) is 6.04. The molecule has 0 spiro atoms. The maximum absolute atomic E-state index is 12.6. The van der Waals surface area contributed by atoms with Gasteiger partial charge < -0.3 is 15.0 Å². The average molecular weight is 312 g/mol. The largest absolute Gasteiger partial charge is 0.374 e. The van der Waals surface area contributed by atoms with Gasteiger partial charge in [-0.25, -0.2) is 9.48 Å². The third-order valence-electron chi connectivity index (χ3n) is 4.60. The Bertz CT molecular complexity index is 685. The minimum atomic E-state index is -0.0576. The Morgan fingerprint density at radius 2 is 2.13 bits per heavy atom. The molecular weight excluding hydrogens is 292 g/mol. The number of carbonyl (C=O) groups excluding carboxylic acids is 1. The van der Waals surface area contributed by atoms with Gasteiger partial charge in [0, 0.05) is 6.54 Å². The number of fused-ring (bicyclic) bond motifs is 1. The van der Waals surface area contributed by atoms with Gasteiger partial charge in [0.2, 0.25) is 0 Å². The minimum Gasteiger partial charge on any atom is -0.374 e. The van der Waals surface area contributed by atoms with Crippen molar-refractivity contribution in [1.29, 1.82) is 0 Å². The molecule has 23 heavy (non-hydrogen) atoms. The van der Waals surface area contributed by atoms with Crippen LogP contribution in [0.3, 0.4) is 0 Å². The quantitative estimate of drug-likeness (QED) is 0.927. The zero-order valence-electron chi connectivity index (χ0n) is 12.9. The Kier molecular flexibility index (Phi) is 3.75. The molecule has 0 radical (unpaired) electrons. The van der Waals surface area contributed by atoms with Crippen molar-refractivity contribution in [3.8, 4) is 5.69 Å². The molecule has 1 saturated heterocycles. The van der Waals surface area contributed by atoms with E-state index in [0.717, 1.165) is 24.9 Å². The minimum absolute atomic E-state index is 0.0576. The SMILES string of the molecule is O=C(Nc1cnn(-c2ccccc2)c1)N1CCO[C@H]2CCC[C@@H]21. The van der Waals surface area contributed by atoms with Crippen molar-refractivity contribution >= 4 is 11.7 Å². The van der Waals surface area contributed by atoms with Crippen LogP contribution in [0.1, 0.15) is 19.3 Å². The summed E-state index contributed by atoms with van der Waals surface area (Å²) in [7, 11) is 0. The molecule has 6 heteroatoms. The van der Waals surface area contributed by atoms with Crippen LogP contribution in [-0.2, 0) is 4.74 Å². The molecule has 2 aliphatic rings. The normalized spacial score (nSPS) is 23.6. The van der Waals surface area contributed by atoms with Crippen LogP contribution < -0.4 is 5.32 Å². The molecule has 2 atom stereocenters. The highest BCUT2D eigenvalue weighted by Crippen LogP contribution is 2.30. The summed E-state index contributed by atoms with van der Waals surface area (Å²) in [6.45, 7) is 1.28. The summed E-state index contributed by atoms with van der Waals surface area (Å²) >= 11 is 0. The molecular formula is C17H20N4O2. The molecule has 2 fully saturated rings. The lowest BCUT2D eigenvalue weighted by molar-refractivity contribution is -0.0362. The molecule has 1 aliphatic heterocycles. The van der Waals surface area contributed by atoms with E-state index in [0.29, 0.717) is 18.8 Å². The van der Waals surface area contributed by atoms with Crippen LogP contribution in [0.4, 0.5) is 10.5 Å². The second-order valence-corrected chi connectivity index (χ2v) is 6.04. The first kappa shape index (κ1) is 14.3. The lowest BCUT2D eigenvalue weighted by Gasteiger charge is -2.37. The van der Waals surface area contributed by atoms with E-state index in [1.165, 1.54) is 0 Å². The van der Waals surface area contributed by atoms with Gasteiger partial charge in [0.1, 0.15) is 0 Å². The average Bonchev–Trinajstić information content (AvgIpc) is 3.24. The number of hydrogen-bond donors (Lipinski definition) is 1. The van der Waals surface area contributed by atoms with E-state index in [4.69, 9.17) is 4.74 Å². The monoisotopic (exact) mass is 312 g/mol. The predicted molar refractivity (Wildman–Crippen MR) is 86.7 cm³/mol. The molecule has 1 aromatic carbocycles. The van der Waals surface area contributed by atoms with Crippen LogP contribution in [0.15, 0.2) is 42.7 Å². The first-order chi connectivity index (χ1) is 11.3. The molecule has 0 unspecified atom stereocenters. The summed E-state index contributed by atoms with van der Waals surface area (Å²) in [5.41, 5.74) is 1.68. The van der Waals surface area contributed by atoms with Gasteiger partial charge in [-0.3, -0.25) is 0 Å². The van der Waals surface area contributed by atoms with E-state index in [9.17, 15) is 4.79 Å². The van der Waals surface area contributed by atoms with Crippen LogP contribution in [0.25, 0.3) is 5.69 Å². The zero-order valence-corrected chi connectivity index (χ0v) is 12.9. The molecule has 1 aliphatic carbocycles. The van der Waals surface area contributed by atoms with Crippen LogP contribution >= 0.6 is 0 Å². The molecule has 1 saturated carbocycles. The van der Waals surface area contributed by atoms with E-state index < -0.39 is 0 Å². The lowest BCUT2D eigenvalue weighted by atomic mass is 10.1. The molecule has 2 aromatic rings. The number of benzene rings is 1. The highest BCUT2D eigenvalue weighted by molar-refractivity contribution is 5.89. The van der Waals surface area contributed by atoms with Gasteiger partial charge in [-0.15, -0.1) is 0 Å². The third kappa shape index (κ3) is 2.82. The number of carbonyl (C=O) groups is 1. The summed E-state index contributed by atoms with van der Waals surface area (Å²) in [6.07, 6.45) is 6.94. The lowest BCUT2D eigenvalue weighted by Crippen LogP contribution is -2.52. The molecule has 4 rings (SSSR count). The van der Waals surface area contributed by atoms with Crippen molar-refractivity contribution in [3.05, 3.63) is 42.7 Å². The second-order valence-electron chi connectivity index (χ2n) is 6.04. The Balaban J connectivity index is 1.46. The van der Waals surface area contributed by atoms with Gasteiger partial charge in [0.05, 0.1) is 42.5 Å². The van der Waals surface area contributed by atoms with Gasteiger partial charge >= 0.3 is 6.03 Å². The Hall–Kier alpha value is -2.34. The first-order valence-corrected chi connectivity index (χ1v) is 8.10. The van der Waals surface area contributed by atoms with Crippen LogP contribution in [0.2, 0.25) is 0 Å². The molecule has 2 heterocycles. The topological polar surface area (TPSA) is 59.4 Å². The summed E-state index contributed by atoms with van der Waals surface area (Å²) < 4.78 is 7.51. The van der Waals surface area contributed by atoms with Gasteiger partial charge in [0.15, 0.2) is 0 Å². The molecule has 1 aromatic heterocycles. The Morgan fingerprint density at radius 3 is 3.00 bits per heavy atom. The highest BCUT2D eigenvalue weighted by Gasteiger charge is 2.38. The number of anilines is 1. The van der Waals surface area contributed by atoms with E-state index in [-0.39, 0.29) is 18.2 Å². The number of hydrogen-bond acceptors (Lipinski definition) is 3. The first-order valence-electron chi connectivity index (χ1n) is 8.10. The zero-order chi connectivity index (χ0) is 15.6. The fraction of sp³-hybridized carbons (Fsp3) is 0.412. The summed E-state index contributed by atoms with van der Waals surface area (Å²) in [5, 5.41) is 7.27. The maximum atomic E-state index is 12.6. The highest BCUT2D eigenvalue weighted by atomic mass is 16.5.